The standard InChI is InChI=1S/C16H19ClN2O2/c1-4-18-9-12-8-16(19-10-13(12)17)21-14-6-5-11(2)7-15(14)20-3/h5-8,10,18H,4,9H2,1-3H3. The van der Waals surface area contributed by atoms with Gasteiger partial charge in [-0.15, -0.1) is 0 Å². The summed E-state index contributed by atoms with van der Waals surface area (Å²) in [5.41, 5.74) is 2.06. The molecule has 0 aliphatic carbocycles. The van der Waals surface area contributed by atoms with Crippen molar-refractivity contribution in [2.45, 2.75) is 20.4 Å². The lowest BCUT2D eigenvalue weighted by atomic mass is 10.2. The highest BCUT2D eigenvalue weighted by molar-refractivity contribution is 6.31. The summed E-state index contributed by atoms with van der Waals surface area (Å²) >= 11 is 6.13. The van der Waals surface area contributed by atoms with Gasteiger partial charge in [0.25, 0.3) is 0 Å². The maximum atomic E-state index is 6.13. The van der Waals surface area contributed by atoms with Crippen LogP contribution in [0.15, 0.2) is 30.5 Å². The Bertz CT molecular complexity index is 617. The van der Waals surface area contributed by atoms with Crippen LogP contribution in [0, 0.1) is 6.92 Å². The molecule has 0 atom stereocenters. The molecule has 2 aromatic rings. The maximum absolute atomic E-state index is 6.13. The Morgan fingerprint density at radius 2 is 2.05 bits per heavy atom. The van der Waals surface area contributed by atoms with Gasteiger partial charge in [0.2, 0.25) is 5.88 Å². The summed E-state index contributed by atoms with van der Waals surface area (Å²) in [6.07, 6.45) is 1.60. The lowest BCUT2D eigenvalue weighted by Gasteiger charge is -2.12. The monoisotopic (exact) mass is 306 g/mol. The number of nitrogens with zero attached hydrogens (tertiary/aromatic N) is 1. The van der Waals surface area contributed by atoms with Gasteiger partial charge in [0, 0.05) is 18.8 Å². The largest absolute Gasteiger partial charge is 0.493 e. The van der Waals surface area contributed by atoms with E-state index in [0.29, 0.717) is 28.9 Å². The molecule has 1 heterocycles. The van der Waals surface area contributed by atoms with E-state index in [9.17, 15) is 0 Å². The summed E-state index contributed by atoms with van der Waals surface area (Å²) < 4.78 is 11.1. The summed E-state index contributed by atoms with van der Waals surface area (Å²) in [6, 6.07) is 7.59. The van der Waals surface area contributed by atoms with E-state index < -0.39 is 0 Å². The van der Waals surface area contributed by atoms with Crippen LogP contribution in [0.5, 0.6) is 17.4 Å². The topological polar surface area (TPSA) is 43.4 Å². The second-order valence-corrected chi connectivity index (χ2v) is 5.06. The molecule has 21 heavy (non-hydrogen) atoms. The number of hydrogen-bond donors (Lipinski definition) is 1. The zero-order valence-electron chi connectivity index (χ0n) is 12.4. The minimum Gasteiger partial charge on any atom is -0.493 e. The second-order valence-electron chi connectivity index (χ2n) is 4.65. The van der Waals surface area contributed by atoms with Crippen molar-refractivity contribution in [3.8, 4) is 17.4 Å². The molecule has 1 aromatic heterocycles. The van der Waals surface area contributed by atoms with Gasteiger partial charge < -0.3 is 14.8 Å². The number of benzene rings is 1. The van der Waals surface area contributed by atoms with Gasteiger partial charge >= 0.3 is 0 Å². The summed E-state index contributed by atoms with van der Waals surface area (Å²) in [5, 5.41) is 3.86. The van der Waals surface area contributed by atoms with E-state index in [-0.39, 0.29) is 0 Å². The Kier molecular flexibility index (Phi) is 5.42. The molecule has 112 valence electrons. The van der Waals surface area contributed by atoms with Crippen LogP contribution in [0.1, 0.15) is 18.1 Å². The summed E-state index contributed by atoms with van der Waals surface area (Å²) in [5.74, 6) is 1.81. The SMILES string of the molecule is CCNCc1cc(Oc2ccc(C)cc2OC)ncc1Cl. The third-order valence-electron chi connectivity index (χ3n) is 3.01. The summed E-state index contributed by atoms with van der Waals surface area (Å²) in [7, 11) is 1.62. The Balaban J connectivity index is 2.23. The highest BCUT2D eigenvalue weighted by Gasteiger charge is 2.09. The quantitative estimate of drug-likeness (QED) is 0.877. The van der Waals surface area contributed by atoms with Gasteiger partial charge in [-0.3, -0.25) is 0 Å². The van der Waals surface area contributed by atoms with E-state index >= 15 is 0 Å². The number of halogens is 1. The molecular weight excluding hydrogens is 288 g/mol. The predicted octanol–water partition coefficient (Wildman–Crippen LogP) is 3.95. The average Bonchev–Trinajstić information content (AvgIpc) is 2.49. The number of aromatic nitrogens is 1. The lowest BCUT2D eigenvalue weighted by molar-refractivity contribution is 0.373. The number of methoxy groups -OCH3 is 1. The Morgan fingerprint density at radius 3 is 2.76 bits per heavy atom. The van der Waals surface area contributed by atoms with Crippen LogP contribution in [-0.4, -0.2) is 18.6 Å². The first-order valence-corrected chi connectivity index (χ1v) is 7.19. The van der Waals surface area contributed by atoms with Crippen LogP contribution in [-0.2, 0) is 6.54 Å². The van der Waals surface area contributed by atoms with Gasteiger partial charge in [-0.05, 0) is 36.7 Å². The zero-order valence-corrected chi connectivity index (χ0v) is 13.2. The van der Waals surface area contributed by atoms with Crippen LogP contribution in [0.2, 0.25) is 5.02 Å². The fourth-order valence-corrected chi connectivity index (χ4v) is 2.05. The van der Waals surface area contributed by atoms with Gasteiger partial charge in [-0.25, -0.2) is 4.98 Å². The number of rotatable bonds is 6. The maximum Gasteiger partial charge on any atom is 0.219 e. The minimum absolute atomic E-state index is 0.495. The van der Waals surface area contributed by atoms with Crippen LogP contribution < -0.4 is 14.8 Å². The summed E-state index contributed by atoms with van der Waals surface area (Å²) in [6.45, 7) is 5.60. The molecule has 4 nitrogen and oxygen atoms in total. The van der Waals surface area contributed by atoms with Gasteiger partial charge in [0.1, 0.15) is 0 Å². The Hall–Kier alpha value is -1.78. The van der Waals surface area contributed by atoms with Crippen molar-refractivity contribution in [3.05, 3.63) is 46.6 Å². The smallest absolute Gasteiger partial charge is 0.219 e. The van der Waals surface area contributed by atoms with Crippen LogP contribution in [0.25, 0.3) is 0 Å². The van der Waals surface area contributed by atoms with Gasteiger partial charge in [-0.1, -0.05) is 24.6 Å². The van der Waals surface area contributed by atoms with Crippen molar-refractivity contribution < 1.29 is 9.47 Å². The van der Waals surface area contributed by atoms with E-state index in [4.69, 9.17) is 21.1 Å². The van der Waals surface area contributed by atoms with Crippen molar-refractivity contribution in [1.29, 1.82) is 0 Å². The lowest BCUT2D eigenvalue weighted by Crippen LogP contribution is -2.12. The molecule has 0 saturated carbocycles. The predicted molar refractivity (Wildman–Crippen MR) is 84.4 cm³/mol. The molecule has 0 radical (unpaired) electrons. The molecule has 0 aliphatic heterocycles. The van der Waals surface area contributed by atoms with E-state index in [0.717, 1.165) is 17.7 Å². The van der Waals surface area contributed by atoms with Gasteiger partial charge in [0.15, 0.2) is 11.5 Å². The zero-order chi connectivity index (χ0) is 15.2. The molecule has 0 unspecified atom stereocenters. The number of ether oxygens (including phenoxy) is 2. The first-order valence-electron chi connectivity index (χ1n) is 6.81. The van der Waals surface area contributed by atoms with E-state index in [2.05, 4.69) is 10.3 Å². The fourth-order valence-electron chi connectivity index (χ4n) is 1.88. The molecule has 0 fully saturated rings. The van der Waals surface area contributed by atoms with Crippen molar-refractivity contribution in [2.75, 3.05) is 13.7 Å². The average molecular weight is 307 g/mol. The molecule has 0 saturated heterocycles. The van der Waals surface area contributed by atoms with Crippen molar-refractivity contribution in [2.24, 2.45) is 0 Å². The number of pyridine rings is 1. The van der Waals surface area contributed by atoms with Crippen LogP contribution >= 0.6 is 11.6 Å². The number of aryl methyl sites for hydroxylation is 1. The normalized spacial score (nSPS) is 10.5. The van der Waals surface area contributed by atoms with Gasteiger partial charge in [0.05, 0.1) is 12.1 Å². The van der Waals surface area contributed by atoms with Gasteiger partial charge in [-0.2, -0.15) is 0 Å². The first kappa shape index (κ1) is 15.6. The molecule has 0 spiro atoms. The van der Waals surface area contributed by atoms with Crippen molar-refractivity contribution >= 4 is 11.6 Å². The minimum atomic E-state index is 0.495. The molecule has 1 N–H and O–H groups in total. The molecule has 2 rings (SSSR count). The third-order valence-corrected chi connectivity index (χ3v) is 3.35. The molecule has 1 aromatic carbocycles. The highest BCUT2D eigenvalue weighted by Crippen LogP contribution is 2.32. The van der Waals surface area contributed by atoms with Crippen molar-refractivity contribution in [1.82, 2.24) is 10.3 Å². The molecule has 5 heteroatoms. The Morgan fingerprint density at radius 1 is 1.24 bits per heavy atom. The van der Waals surface area contributed by atoms with Crippen LogP contribution in [0.3, 0.4) is 0 Å². The van der Waals surface area contributed by atoms with Crippen LogP contribution in [0.4, 0.5) is 0 Å². The molecule has 0 amide bonds. The number of nitrogens with one attached hydrogen (secondary N) is 1. The second kappa shape index (κ2) is 7.29. The Labute approximate surface area is 130 Å². The van der Waals surface area contributed by atoms with Crippen molar-refractivity contribution in [3.63, 3.8) is 0 Å². The molecule has 0 aliphatic rings. The van der Waals surface area contributed by atoms with E-state index in [1.807, 2.05) is 38.1 Å². The fraction of sp³-hybridized carbons (Fsp3) is 0.312. The first-order chi connectivity index (χ1) is 10.1. The van der Waals surface area contributed by atoms with E-state index in [1.54, 1.807) is 13.3 Å². The molecule has 0 bridgehead atoms. The summed E-state index contributed by atoms with van der Waals surface area (Å²) in [4.78, 5) is 4.20. The third kappa shape index (κ3) is 4.09. The molecular formula is C16H19ClN2O2. The highest BCUT2D eigenvalue weighted by atomic mass is 35.5. The number of hydrogen-bond acceptors (Lipinski definition) is 4. The van der Waals surface area contributed by atoms with E-state index in [1.165, 1.54) is 0 Å².